The quantitative estimate of drug-likeness (QED) is 0.835. The van der Waals surface area contributed by atoms with E-state index < -0.39 is 0 Å². The number of halogens is 1. The van der Waals surface area contributed by atoms with Crippen molar-refractivity contribution in [1.82, 2.24) is 9.97 Å². The Balaban J connectivity index is 2.66. The van der Waals surface area contributed by atoms with E-state index in [4.69, 9.17) is 16.3 Å². The highest BCUT2D eigenvalue weighted by Crippen LogP contribution is 2.22. The van der Waals surface area contributed by atoms with E-state index in [-0.39, 0.29) is 0 Å². The second-order valence-corrected chi connectivity index (χ2v) is 4.39. The van der Waals surface area contributed by atoms with Crippen LogP contribution in [0.2, 0.25) is 5.02 Å². The summed E-state index contributed by atoms with van der Waals surface area (Å²) in [5.74, 6) is 1.45. The average molecular weight is 244 g/mol. The average Bonchev–Trinajstić information content (AvgIpc) is 2.26. The highest BCUT2D eigenvalue weighted by molar-refractivity contribution is 6.31. The fraction of sp³-hybridized carbons (Fsp3) is 0.636. The van der Waals surface area contributed by atoms with Crippen molar-refractivity contribution in [2.75, 3.05) is 18.5 Å². The molecule has 16 heavy (non-hydrogen) atoms. The molecule has 0 saturated carbocycles. The third kappa shape index (κ3) is 4.23. The van der Waals surface area contributed by atoms with Crippen LogP contribution in [0, 0.1) is 5.92 Å². The summed E-state index contributed by atoms with van der Waals surface area (Å²) in [4.78, 5) is 8.27. The normalized spacial score (nSPS) is 10.6. The Morgan fingerprint density at radius 2 is 2.25 bits per heavy atom. The van der Waals surface area contributed by atoms with Crippen LogP contribution in [0.15, 0.2) is 6.20 Å². The molecule has 0 aliphatic heterocycles. The summed E-state index contributed by atoms with van der Waals surface area (Å²) >= 11 is 5.94. The van der Waals surface area contributed by atoms with Gasteiger partial charge in [0.1, 0.15) is 5.02 Å². The summed E-state index contributed by atoms with van der Waals surface area (Å²) in [5, 5.41) is 3.54. The molecule has 4 nitrogen and oxygen atoms in total. The van der Waals surface area contributed by atoms with Crippen molar-refractivity contribution in [3.8, 4) is 5.88 Å². The minimum absolute atomic E-state index is 0.443. The second kappa shape index (κ2) is 6.53. The van der Waals surface area contributed by atoms with Gasteiger partial charge >= 0.3 is 0 Å². The van der Waals surface area contributed by atoms with Crippen molar-refractivity contribution in [2.24, 2.45) is 5.92 Å². The Hall–Kier alpha value is -1.03. The summed E-state index contributed by atoms with van der Waals surface area (Å²) in [6.45, 7) is 7.67. The van der Waals surface area contributed by atoms with Crippen LogP contribution in [-0.2, 0) is 0 Å². The maximum atomic E-state index is 5.94. The number of nitrogens with one attached hydrogen (secondary N) is 1. The number of ether oxygens (including phenoxy) is 1. The lowest BCUT2D eigenvalue weighted by molar-refractivity contribution is 0.261. The lowest BCUT2D eigenvalue weighted by atomic mass is 10.2. The van der Waals surface area contributed by atoms with Gasteiger partial charge in [-0.15, -0.1) is 0 Å². The monoisotopic (exact) mass is 243 g/mol. The van der Waals surface area contributed by atoms with Crippen molar-refractivity contribution < 1.29 is 4.74 Å². The van der Waals surface area contributed by atoms with E-state index in [2.05, 4.69) is 36.1 Å². The van der Waals surface area contributed by atoms with Crippen molar-refractivity contribution in [3.63, 3.8) is 0 Å². The number of rotatable bonds is 6. The SMILES string of the molecule is CCCNc1ncc(Cl)c(OCC(C)C)n1. The number of hydrogen-bond acceptors (Lipinski definition) is 4. The standard InChI is InChI=1S/C11H18ClN3O/c1-4-5-13-11-14-6-9(12)10(15-11)16-7-8(2)3/h6,8H,4-5,7H2,1-3H3,(H,13,14,15). The zero-order valence-electron chi connectivity index (χ0n) is 9.96. The van der Waals surface area contributed by atoms with Gasteiger partial charge in [-0.05, 0) is 12.3 Å². The Labute approximate surface area is 101 Å². The van der Waals surface area contributed by atoms with Gasteiger partial charge in [0, 0.05) is 6.54 Å². The summed E-state index contributed by atoms with van der Waals surface area (Å²) in [7, 11) is 0. The molecule has 0 aliphatic carbocycles. The molecule has 1 aromatic rings. The van der Waals surface area contributed by atoms with Crippen molar-refractivity contribution >= 4 is 17.5 Å². The summed E-state index contributed by atoms with van der Waals surface area (Å²) < 4.78 is 5.50. The summed E-state index contributed by atoms with van der Waals surface area (Å²) in [6, 6.07) is 0. The number of anilines is 1. The largest absolute Gasteiger partial charge is 0.476 e. The molecule has 0 radical (unpaired) electrons. The first-order valence-electron chi connectivity index (χ1n) is 5.52. The highest BCUT2D eigenvalue weighted by Gasteiger charge is 2.07. The van der Waals surface area contributed by atoms with Crippen LogP contribution in [0.4, 0.5) is 5.95 Å². The second-order valence-electron chi connectivity index (χ2n) is 3.98. The molecule has 1 N–H and O–H groups in total. The van der Waals surface area contributed by atoms with Crippen LogP contribution in [0.5, 0.6) is 5.88 Å². The minimum atomic E-state index is 0.443. The van der Waals surface area contributed by atoms with E-state index in [1.165, 1.54) is 0 Å². The Morgan fingerprint density at radius 3 is 2.88 bits per heavy atom. The van der Waals surface area contributed by atoms with E-state index in [0.717, 1.165) is 13.0 Å². The number of hydrogen-bond donors (Lipinski definition) is 1. The van der Waals surface area contributed by atoms with Crippen LogP contribution in [-0.4, -0.2) is 23.1 Å². The van der Waals surface area contributed by atoms with Crippen LogP contribution in [0.1, 0.15) is 27.2 Å². The van der Waals surface area contributed by atoms with Gasteiger partial charge in [-0.25, -0.2) is 4.98 Å². The predicted octanol–water partition coefficient (Wildman–Crippen LogP) is 2.99. The summed E-state index contributed by atoms with van der Waals surface area (Å²) in [5.41, 5.74) is 0. The van der Waals surface area contributed by atoms with Gasteiger partial charge in [0.2, 0.25) is 11.8 Å². The summed E-state index contributed by atoms with van der Waals surface area (Å²) in [6.07, 6.45) is 2.58. The van der Waals surface area contributed by atoms with Gasteiger partial charge in [0.25, 0.3) is 0 Å². The molecule has 1 aromatic heterocycles. The molecular formula is C11H18ClN3O. The van der Waals surface area contributed by atoms with Gasteiger partial charge in [0.15, 0.2) is 0 Å². The molecule has 0 aromatic carbocycles. The van der Waals surface area contributed by atoms with Crippen molar-refractivity contribution in [3.05, 3.63) is 11.2 Å². The van der Waals surface area contributed by atoms with Gasteiger partial charge in [-0.1, -0.05) is 32.4 Å². The van der Waals surface area contributed by atoms with E-state index in [1.807, 2.05) is 0 Å². The minimum Gasteiger partial charge on any atom is -0.476 e. The lowest BCUT2D eigenvalue weighted by Crippen LogP contribution is -2.09. The third-order valence-electron chi connectivity index (χ3n) is 1.80. The molecule has 0 amide bonds. The first kappa shape index (κ1) is 13.0. The molecule has 0 unspecified atom stereocenters. The van der Waals surface area contributed by atoms with E-state index in [9.17, 15) is 0 Å². The van der Waals surface area contributed by atoms with Crippen LogP contribution in [0.25, 0.3) is 0 Å². The van der Waals surface area contributed by atoms with E-state index in [0.29, 0.717) is 29.4 Å². The zero-order valence-corrected chi connectivity index (χ0v) is 10.7. The van der Waals surface area contributed by atoms with Gasteiger partial charge < -0.3 is 10.1 Å². The van der Waals surface area contributed by atoms with Gasteiger partial charge in [-0.3, -0.25) is 0 Å². The molecule has 0 fully saturated rings. The van der Waals surface area contributed by atoms with Crippen LogP contribution < -0.4 is 10.1 Å². The smallest absolute Gasteiger partial charge is 0.237 e. The molecule has 1 heterocycles. The fourth-order valence-corrected chi connectivity index (χ4v) is 1.17. The van der Waals surface area contributed by atoms with Gasteiger partial charge in [-0.2, -0.15) is 4.98 Å². The molecule has 5 heteroatoms. The number of nitrogens with zero attached hydrogens (tertiary/aromatic N) is 2. The van der Waals surface area contributed by atoms with E-state index >= 15 is 0 Å². The van der Waals surface area contributed by atoms with Crippen LogP contribution >= 0.6 is 11.6 Å². The van der Waals surface area contributed by atoms with Crippen LogP contribution in [0.3, 0.4) is 0 Å². The van der Waals surface area contributed by atoms with E-state index in [1.54, 1.807) is 6.20 Å². The predicted molar refractivity (Wildman–Crippen MR) is 66.2 cm³/mol. The molecule has 0 atom stereocenters. The van der Waals surface area contributed by atoms with Crippen molar-refractivity contribution in [2.45, 2.75) is 27.2 Å². The molecule has 0 bridgehead atoms. The van der Waals surface area contributed by atoms with Crippen molar-refractivity contribution in [1.29, 1.82) is 0 Å². The first-order valence-corrected chi connectivity index (χ1v) is 5.90. The molecule has 0 aliphatic rings. The topological polar surface area (TPSA) is 47.0 Å². The first-order chi connectivity index (χ1) is 7.63. The molecule has 90 valence electrons. The maximum absolute atomic E-state index is 5.94. The number of aromatic nitrogens is 2. The Morgan fingerprint density at radius 1 is 1.50 bits per heavy atom. The zero-order chi connectivity index (χ0) is 12.0. The molecule has 0 spiro atoms. The lowest BCUT2D eigenvalue weighted by Gasteiger charge is -2.10. The Kier molecular flexibility index (Phi) is 5.32. The van der Waals surface area contributed by atoms with Gasteiger partial charge in [0.05, 0.1) is 12.8 Å². The third-order valence-corrected chi connectivity index (χ3v) is 2.06. The maximum Gasteiger partial charge on any atom is 0.237 e. The molecule has 0 saturated heterocycles. The highest BCUT2D eigenvalue weighted by atomic mass is 35.5. The molecule has 1 rings (SSSR count). The fourth-order valence-electron chi connectivity index (χ4n) is 1.02. The molecular weight excluding hydrogens is 226 g/mol. The Bertz CT molecular complexity index is 331.